The number of piperidine rings is 1. The molecule has 0 aromatic heterocycles. The molecule has 2 aromatic rings. The normalized spacial score (nSPS) is 19.2. The largest absolute Gasteiger partial charge is 0.447 e. The molecule has 0 saturated carbocycles. The fraction of sp³-hybridized carbons (Fsp3) is 0.435. The van der Waals surface area contributed by atoms with E-state index in [0.29, 0.717) is 32.4 Å². The van der Waals surface area contributed by atoms with Gasteiger partial charge in [-0.3, -0.25) is 0 Å². The van der Waals surface area contributed by atoms with Gasteiger partial charge in [0.25, 0.3) is 0 Å². The quantitative estimate of drug-likeness (QED) is 0.630. The minimum Gasteiger partial charge on any atom is -0.447 e. The summed E-state index contributed by atoms with van der Waals surface area (Å²) in [7, 11) is -1.87. The Morgan fingerprint density at radius 1 is 1.10 bits per heavy atom. The molecule has 0 spiro atoms. The summed E-state index contributed by atoms with van der Waals surface area (Å²) >= 11 is 0. The van der Waals surface area contributed by atoms with E-state index in [0.717, 1.165) is 22.9 Å². The van der Waals surface area contributed by atoms with E-state index in [1.165, 1.54) is 0 Å². The topological polar surface area (TPSA) is 84.9 Å². The van der Waals surface area contributed by atoms with E-state index >= 15 is 0 Å². The van der Waals surface area contributed by atoms with Crippen molar-refractivity contribution in [2.75, 3.05) is 33.1 Å². The number of nitrogens with zero attached hydrogens (tertiary/aromatic N) is 1. The van der Waals surface area contributed by atoms with Gasteiger partial charge >= 0.3 is 6.09 Å². The van der Waals surface area contributed by atoms with E-state index in [1.807, 2.05) is 48.5 Å². The van der Waals surface area contributed by atoms with Gasteiger partial charge in [-0.2, -0.15) is 0 Å². The standard InChI is InChI=1S/C23H30N2O5S/c1-29-14-15-30-23(26)25-13-7-12-21(24-31(2,27)28)22(25)17-18-8-6-11-20(16-18)19-9-4-3-5-10-19/h3-6,8-11,16,21-22,24H,7,12-15,17H2,1-2H3/t21-,22-/m0/s1. The molecule has 0 aliphatic carbocycles. The van der Waals surface area contributed by atoms with Crippen molar-refractivity contribution in [3.63, 3.8) is 0 Å². The van der Waals surface area contributed by atoms with Crippen LogP contribution < -0.4 is 4.72 Å². The molecule has 3 rings (SSSR count). The van der Waals surface area contributed by atoms with Gasteiger partial charge in [-0.05, 0) is 36.0 Å². The first-order valence-corrected chi connectivity index (χ1v) is 12.3. The molecule has 1 fully saturated rings. The van der Waals surface area contributed by atoms with E-state index < -0.39 is 16.1 Å². The average molecular weight is 447 g/mol. The van der Waals surface area contributed by atoms with Crippen LogP contribution in [0.4, 0.5) is 4.79 Å². The highest BCUT2D eigenvalue weighted by atomic mass is 32.2. The van der Waals surface area contributed by atoms with Crippen LogP contribution in [0.2, 0.25) is 0 Å². The molecular formula is C23H30N2O5S. The summed E-state index contributed by atoms with van der Waals surface area (Å²) in [6.07, 6.45) is 2.59. The predicted molar refractivity (Wildman–Crippen MR) is 120 cm³/mol. The summed E-state index contributed by atoms with van der Waals surface area (Å²) in [4.78, 5) is 14.4. The number of carbonyl (C=O) groups excluding carboxylic acids is 1. The van der Waals surface area contributed by atoms with Crippen LogP contribution in [-0.2, 0) is 25.9 Å². The third kappa shape index (κ3) is 6.78. The molecule has 168 valence electrons. The fourth-order valence-electron chi connectivity index (χ4n) is 3.99. The number of likely N-dealkylation sites (tertiary alicyclic amines) is 1. The molecule has 2 atom stereocenters. The van der Waals surface area contributed by atoms with E-state index in [4.69, 9.17) is 9.47 Å². The molecule has 1 aliphatic rings. The SMILES string of the molecule is COCCOC(=O)N1CCC[C@H](NS(C)(=O)=O)[C@@H]1Cc1cccc(-c2ccccc2)c1. The molecule has 0 radical (unpaired) electrons. The van der Waals surface area contributed by atoms with Gasteiger partial charge < -0.3 is 14.4 Å². The van der Waals surface area contributed by atoms with Gasteiger partial charge in [0.1, 0.15) is 6.61 Å². The van der Waals surface area contributed by atoms with Crippen molar-refractivity contribution >= 4 is 16.1 Å². The fourth-order valence-corrected chi connectivity index (χ4v) is 4.82. The lowest BCUT2D eigenvalue weighted by atomic mass is 9.90. The maximum atomic E-state index is 12.7. The van der Waals surface area contributed by atoms with Crippen molar-refractivity contribution in [3.8, 4) is 11.1 Å². The number of hydrogen-bond acceptors (Lipinski definition) is 5. The first kappa shape index (κ1) is 23.2. The third-order valence-electron chi connectivity index (χ3n) is 5.37. The Labute approximate surface area is 184 Å². The van der Waals surface area contributed by atoms with E-state index in [-0.39, 0.29) is 18.7 Å². The van der Waals surface area contributed by atoms with Gasteiger partial charge in [0, 0.05) is 19.7 Å². The molecule has 1 saturated heterocycles. The monoisotopic (exact) mass is 446 g/mol. The van der Waals surface area contributed by atoms with Crippen LogP contribution in [0, 0.1) is 0 Å². The second-order valence-electron chi connectivity index (χ2n) is 7.78. The smallest absolute Gasteiger partial charge is 0.410 e. The molecule has 0 unspecified atom stereocenters. The Kier molecular flexibility index (Phi) is 8.06. The summed E-state index contributed by atoms with van der Waals surface area (Å²) in [5, 5.41) is 0. The number of amides is 1. The van der Waals surface area contributed by atoms with Crippen LogP contribution in [0.15, 0.2) is 54.6 Å². The number of nitrogens with one attached hydrogen (secondary N) is 1. The van der Waals surface area contributed by atoms with Crippen molar-refractivity contribution in [2.45, 2.75) is 31.3 Å². The summed E-state index contributed by atoms with van der Waals surface area (Å²) in [6, 6.07) is 17.5. The second kappa shape index (κ2) is 10.7. The average Bonchev–Trinajstić information content (AvgIpc) is 2.75. The summed E-state index contributed by atoms with van der Waals surface area (Å²) in [5.74, 6) is 0. The van der Waals surface area contributed by atoms with Gasteiger partial charge in [0.05, 0.1) is 18.9 Å². The van der Waals surface area contributed by atoms with Gasteiger partial charge in [0.15, 0.2) is 0 Å². The molecule has 1 aliphatic heterocycles. The number of rotatable bonds is 8. The Bertz CT molecular complexity index is 965. The Balaban J connectivity index is 1.85. The highest BCUT2D eigenvalue weighted by molar-refractivity contribution is 7.88. The maximum Gasteiger partial charge on any atom is 0.410 e. The molecule has 1 amide bonds. The van der Waals surface area contributed by atoms with E-state index in [9.17, 15) is 13.2 Å². The van der Waals surface area contributed by atoms with Gasteiger partial charge in [-0.25, -0.2) is 17.9 Å². The zero-order chi connectivity index (χ0) is 22.3. The van der Waals surface area contributed by atoms with Crippen LogP contribution in [0.3, 0.4) is 0 Å². The Hall–Kier alpha value is -2.42. The molecule has 1 heterocycles. The predicted octanol–water partition coefficient (Wildman–Crippen LogP) is 3.06. The van der Waals surface area contributed by atoms with Crippen LogP contribution in [0.1, 0.15) is 18.4 Å². The molecule has 8 heteroatoms. The molecular weight excluding hydrogens is 416 g/mol. The first-order chi connectivity index (χ1) is 14.9. The molecule has 1 N–H and O–H groups in total. The summed E-state index contributed by atoms with van der Waals surface area (Å²) in [5.41, 5.74) is 3.22. The summed E-state index contributed by atoms with van der Waals surface area (Å²) < 4.78 is 37.0. The van der Waals surface area contributed by atoms with Crippen molar-refractivity contribution < 1.29 is 22.7 Å². The number of carbonyl (C=O) groups is 1. The number of benzene rings is 2. The Morgan fingerprint density at radius 2 is 1.84 bits per heavy atom. The van der Waals surface area contributed by atoms with Crippen molar-refractivity contribution in [1.82, 2.24) is 9.62 Å². The lowest BCUT2D eigenvalue weighted by Gasteiger charge is -2.40. The van der Waals surface area contributed by atoms with Crippen molar-refractivity contribution in [1.29, 1.82) is 0 Å². The second-order valence-corrected chi connectivity index (χ2v) is 9.56. The first-order valence-electron chi connectivity index (χ1n) is 10.4. The Morgan fingerprint density at radius 3 is 2.55 bits per heavy atom. The third-order valence-corrected chi connectivity index (χ3v) is 6.10. The number of hydrogen-bond donors (Lipinski definition) is 1. The number of methoxy groups -OCH3 is 1. The number of ether oxygens (including phenoxy) is 2. The minimum atomic E-state index is -3.42. The van der Waals surface area contributed by atoms with Gasteiger partial charge in [-0.15, -0.1) is 0 Å². The van der Waals surface area contributed by atoms with Crippen LogP contribution in [0.5, 0.6) is 0 Å². The zero-order valence-corrected chi connectivity index (χ0v) is 18.8. The van der Waals surface area contributed by atoms with Crippen molar-refractivity contribution in [2.24, 2.45) is 0 Å². The molecule has 2 aromatic carbocycles. The number of sulfonamides is 1. The van der Waals surface area contributed by atoms with Crippen molar-refractivity contribution in [3.05, 3.63) is 60.2 Å². The van der Waals surface area contributed by atoms with Crippen LogP contribution in [0.25, 0.3) is 11.1 Å². The lowest BCUT2D eigenvalue weighted by molar-refractivity contribution is 0.0466. The van der Waals surface area contributed by atoms with Gasteiger partial charge in [0.2, 0.25) is 10.0 Å². The minimum absolute atomic E-state index is 0.159. The maximum absolute atomic E-state index is 12.7. The molecule has 7 nitrogen and oxygen atoms in total. The van der Waals surface area contributed by atoms with Crippen LogP contribution in [-0.4, -0.2) is 64.6 Å². The highest BCUT2D eigenvalue weighted by Gasteiger charge is 2.36. The lowest BCUT2D eigenvalue weighted by Crippen LogP contribution is -2.57. The highest BCUT2D eigenvalue weighted by Crippen LogP contribution is 2.26. The van der Waals surface area contributed by atoms with Gasteiger partial charge in [-0.1, -0.05) is 54.6 Å². The summed E-state index contributed by atoms with van der Waals surface area (Å²) in [6.45, 7) is 0.997. The molecule has 31 heavy (non-hydrogen) atoms. The molecule has 0 bridgehead atoms. The van der Waals surface area contributed by atoms with E-state index in [1.54, 1.807) is 12.0 Å². The zero-order valence-electron chi connectivity index (χ0n) is 18.0. The van der Waals surface area contributed by atoms with E-state index in [2.05, 4.69) is 10.8 Å². The van der Waals surface area contributed by atoms with Crippen LogP contribution >= 0.6 is 0 Å².